The van der Waals surface area contributed by atoms with Crippen molar-refractivity contribution in [3.05, 3.63) is 0 Å². The molecule has 1 aliphatic rings. The molecule has 1 rings (SSSR count). The van der Waals surface area contributed by atoms with Crippen LogP contribution in [-0.2, 0) is 14.3 Å². The van der Waals surface area contributed by atoms with E-state index in [0.29, 0.717) is 0 Å². The minimum Gasteiger partial charge on any atom is -0.303 e. The van der Waals surface area contributed by atoms with E-state index in [1.165, 1.54) is 64.2 Å². The van der Waals surface area contributed by atoms with Crippen molar-refractivity contribution in [2.75, 3.05) is 13.2 Å². The maximum atomic E-state index is 8.88. The molecule has 6 nitrogen and oxygen atoms in total. The van der Waals surface area contributed by atoms with E-state index in [1.807, 2.05) is 0 Å². The Labute approximate surface area is 128 Å². The van der Waals surface area contributed by atoms with Gasteiger partial charge in [-0.05, 0) is 12.8 Å². The van der Waals surface area contributed by atoms with Gasteiger partial charge in [0.1, 0.15) is 0 Å². The quantitative estimate of drug-likeness (QED) is 0.464. The molecule has 1 fully saturated rings. The maximum Gasteiger partial charge on any atom is 0.466 e. The third-order valence-corrected chi connectivity index (χ3v) is 3.29. The van der Waals surface area contributed by atoms with Gasteiger partial charge in [-0.1, -0.05) is 64.2 Å². The summed E-state index contributed by atoms with van der Waals surface area (Å²) in [5, 5.41) is 0. The first-order chi connectivity index (χ1) is 10.0. The van der Waals surface area contributed by atoms with Crippen LogP contribution in [0, 0.1) is 0 Å². The van der Waals surface area contributed by atoms with Crippen LogP contribution in [0.15, 0.2) is 0 Å². The second-order valence-corrected chi connectivity index (χ2v) is 6.43. The molecule has 1 aliphatic heterocycles. The van der Waals surface area contributed by atoms with Crippen molar-refractivity contribution in [1.29, 1.82) is 0 Å². The molecule has 0 aromatic heterocycles. The summed E-state index contributed by atoms with van der Waals surface area (Å²) in [6, 6.07) is 0. The lowest BCUT2D eigenvalue weighted by Gasteiger charge is -2.06. The highest BCUT2D eigenvalue weighted by molar-refractivity contribution is 7.45. The Morgan fingerprint density at radius 2 is 0.714 bits per heavy atom. The van der Waals surface area contributed by atoms with Gasteiger partial charge in [0, 0.05) is 0 Å². The van der Waals surface area contributed by atoms with Gasteiger partial charge in [-0.3, -0.25) is 0 Å². The lowest BCUT2D eigenvalue weighted by atomic mass is 10.1. The number of hydrogen-bond donors (Lipinski definition) is 3. The highest BCUT2D eigenvalue weighted by atomic mass is 31.2. The van der Waals surface area contributed by atoms with Gasteiger partial charge >= 0.3 is 7.82 Å². The first-order valence-electron chi connectivity index (χ1n) is 8.03. The zero-order valence-corrected chi connectivity index (χ0v) is 13.8. The predicted molar refractivity (Wildman–Crippen MR) is 81.6 cm³/mol. The van der Waals surface area contributed by atoms with E-state index >= 15 is 0 Å². The molecule has 128 valence electrons. The van der Waals surface area contributed by atoms with Gasteiger partial charge in [-0.25, -0.2) is 14.3 Å². The van der Waals surface area contributed by atoms with Crippen LogP contribution in [-0.4, -0.2) is 27.9 Å². The lowest BCUT2D eigenvalue weighted by Crippen LogP contribution is -1.99. The summed E-state index contributed by atoms with van der Waals surface area (Å²) in [6.45, 7) is 1.56. The van der Waals surface area contributed by atoms with Gasteiger partial charge in [0.2, 0.25) is 0 Å². The summed E-state index contributed by atoms with van der Waals surface area (Å²) >= 11 is 0. The molecule has 0 saturated carbocycles. The minimum atomic E-state index is -4.64. The third kappa shape index (κ3) is 25.3. The zero-order valence-electron chi connectivity index (χ0n) is 12.9. The Bertz CT molecular complexity index is 184. The topological polar surface area (TPSA) is 96.2 Å². The highest BCUT2D eigenvalue weighted by Crippen LogP contribution is 2.25. The Hall–Kier alpha value is 0.0300. The summed E-state index contributed by atoms with van der Waals surface area (Å²) in [7, 11) is -4.64. The monoisotopic (exact) mass is 326 g/mol. The molecular weight excluding hydrogens is 295 g/mol. The van der Waals surface area contributed by atoms with Gasteiger partial charge in [0.15, 0.2) is 0 Å². The first kappa shape index (κ1) is 21.0. The molecule has 7 heteroatoms. The zero-order chi connectivity index (χ0) is 15.8. The molecule has 3 N–H and O–H groups in total. The van der Waals surface area contributed by atoms with Crippen LogP contribution < -0.4 is 0 Å². The molecule has 1 heterocycles. The molecule has 0 aromatic carbocycles. The Balaban J connectivity index is 0.000000690. The molecule has 0 atom stereocenters. The van der Waals surface area contributed by atoms with E-state index in [-0.39, 0.29) is 0 Å². The third-order valence-electron chi connectivity index (χ3n) is 3.29. The second kappa shape index (κ2) is 14.9. The maximum absolute atomic E-state index is 8.88. The molecule has 0 aromatic rings. The van der Waals surface area contributed by atoms with E-state index in [0.717, 1.165) is 26.1 Å². The summed E-state index contributed by atoms with van der Waals surface area (Å²) in [4.78, 5) is 31.8. The molecular formula is C14H31O6P. The Kier molecular flexibility index (Phi) is 15.0. The molecule has 0 aliphatic carbocycles. The van der Waals surface area contributed by atoms with Crippen molar-refractivity contribution in [2.45, 2.75) is 77.0 Å². The first-order valence-corrected chi connectivity index (χ1v) is 9.59. The number of hydrogen-bond acceptors (Lipinski definition) is 3. The Morgan fingerprint density at radius 1 is 0.524 bits per heavy atom. The molecule has 0 bridgehead atoms. The average Bonchev–Trinajstić information content (AvgIpc) is 2.37. The van der Waals surface area contributed by atoms with Gasteiger partial charge in [0.25, 0.3) is 0 Å². The normalized spacial score (nSPS) is 21.1. The van der Waals surface area contributed by atoms with E-state index in [4.69, 9.17) is 29.0 Å². The van der Waals surface area contributed by atoms with Crippen LogP contribution in [0.1, 0.15) is 77.0 Å². The molecule has 0 amide bonds. The van der Waals surface area contributed by atoms with Crippen molar-refractivity contribution in [1.82, 2.24) is 0 Å². The van der Waals surface area contributed by atoms with Crippen molar-refractivity contribution >= 4 is 7.82 Å². The molecule has 0 spiro atoms. The van der Waals surface area contributed by atoms with Gasteiger partial charge in [0.05, 0.1) is 13.2 Å². The molecule has 21 heavy (non-hydrogen) atoms. The average molecular weight is 326 g/mol. The SMILES string of the molecule is C1CCCCCCCOOCCCCCC1.O=P(O)(O)O. The van der Waals surface area contributed by atoms with E-state index in [2.05, 4.69) is 0 Å². The fourth-order valence-electron chi connectivity index (χ4n) is 2.21. The van der Waals surface area contributed by atoms with Crippen LogP contribution in [0.3, 0.4) is 0 Å². The van der Waals surface area contributed by atoms with Gasteiger partial charge in [-0.2, -0.15) is 0 Å². The van der Waals surface area contributed by atoms with Crippen LogP contribution in [0.2, 0.25) is 0 Å². The second-order valence-electron chi connectivity index (χ2n) is 5.40. The fraction of sp³-hybridized carbons (Fsp3) is 1.00. The smallest absolute Gasteiger partial charge is 0.303 e. The van der Waals surface area contributed by atoms with Gasteiger partial charge < -0.3 is 14.7 Å². The summed E-state index contributed by atoms with van der Waals surface area (Å²) in [5.74, 6) is 0. The van der Waals surface area contributed by atoms with E-state index < -0.39 is 7.82 Å². The number of rotatable bonds is 0. The summed E-state index contributed by atoms with van der Waals surface area (Å²) < 4.78 is 8.88. The summed E-state index contributed by atoms with van der Waals surface area (Å²) in [5.41, 5.74) is 0. The van der Waals surface area contributed by atoms with Crippen LogP contribution >= 0.6 is 7.82 Å². The predicted octanol–water partition coefficient (Wildman–Crippen LogP) is 3.70. The lowest BCUT2D eigenvalue weighted by molar-refractivity contribution is -0.295. The standard InChI is InChI=1S/C14H28O2.H3O4P/c1-2-4-6-8-10-12-14-16-15-13-11-9-7-5-3-1;1-5(2,3)4/h1-14H2;(H3,1,2,3,4). The fourth-order valence-corrected chi connectivity index (χ4v) is 2.21. The number of phosphoric acid groups is 1. The van der Waals surface area contributed by atoms with Crippen molar-refractivity contribution in [2.24, 2.45) is 0 Å². The molecule has 0 unspecified atom stereocenters. The van der Waals surface area contributed by atoms with Crippen molar-refractivity contribution in [3.63, 3.8) is 0 Å². The molecule has 0 radical (unpaired) electrons. The summed E-state index contributed by atoms with van der Waals surface area (Å²) in [6.07, 6.45) is 16.2. The van der Waals surface area contributed by atoms with Crippen molar-refractivity contribution in [3.8, 4) is 0 Å². The van der Waals surface area contributed by atoms with E-state index in [1.54, 1.807) is 0 Å². The van der Waals surface area contributed by atoms with Crippen LogP contribution in [0.4, 0.5) is 0 Å². The highest BCUT2D eigenvalue weighted by Gasteiger charge is 2.00. The minimum absolute atomic E-state index is 0.778. The van der Waals surface area contributed by atoms with Crippen LogP contribution in [0.25, 0.3) is 0 Å². The van der Waals surface area contributed by atoms with Crippen LogP contribution in [0.5, 0.6) is 0 Å². The Morgan fingerprint density at radius 3 is 0.952 bits per heavy atom. The van der Waals surface area contributed by atoms with Gasteiger partial charge in [-0.15, -0.1) is 0 Å². The van der Waals surface area contributed by atoms with E-state index in [9.17, 15) is 0 Å². The molecule has 1 saturated heterocycles. The van der Waals surface area contributed by atoms with Crippen molar-refractivity contribution < 1.29 is 29.0 Å². The largest absolute Gasteiger partial charge is 0.466 e.